The summed E-state index contributed by atoms with van der Waals surface area (Å²) in [4.78, 5) is 0. The molecular weight excluding hydrogens is 186 g/mol. The second-order valence-electron chi connectivity index (χ2n) is 1.24. The minimum atomic E-state index is -3.33. The molecule has 0 aromatic heterocycles. The van der Waals surface area contributed by atoms with Crippen molar-refractivity contribution in [2.45, 2.75) is 0 Å². The van der Waals surface area contributed by atoms with E-state index in [-0.39, 0.29) is 6.61 Å². The van der Waals surface area contributed by atoms with Crippen LogP contribution in [0.5, 0.6) is 0 Å². The maximum atomic E-state index is 10.3. The van der Waals surface area contributed by atoms with Gasteiger partial charge in [-0.05, 0) is 22.5 Å². The first kappa shape index (κ1) is 9.73. The van der Waals surface area contributed by atoms with Crippen molar-refractivity contribution in [1.82, 2.24) is 0 Å². The smallest absolute Gasteiger partial charge is 0.380 e. The van der Waals surface area contributed by atoms with Gasteiger partial charge in [-0.3, -0.25) is 4.57 Å². The highest BCUT2D eigenvalue weighted by atomic mass is 35.9. The summed E-state index contributed by atoms with van der Waals surface area (Å²) in [5.74, 6) is 0. The molecule has 0 aliphatic heterocycles. The first-order valence-corrected chi connectivity index (χ1v) is 5.62. The normalized spacial score (nSPS) is 11.9. The van der Waals surface area contributed by atoms with Crippen LogP contribution in [-0.2, 0) is 13.8 Å². The number of hydrogen-bond donors (Lipinski definition) is 0. The Morgan fingerprint density at radius 2 is 2.00 bits per heavy atom. The number of hydrogen-bond acceptors (Lipinski definition) is 3. The molecule has 0 N–H and O–H groups in total. The van der Waals surface area contributed by atoms with Crippen LogP contribution in [0.15, 0.2) is 0 Å². The molecule has 3 nitrogen and oxygen atoms in total. The van der Waals surface area contributed by atoms with Gasteiger partial charge in [-0.25, -0.2) is 0 Å². The van der Waals surface area contributed by atoms with Crippen LogP contribution >= 0.6 is 28.6 Å². The van der Waals surface area contributed by atoms with Gasteiger partial charge in [0.15, 0.2) is 0 Å². The van der Waals surface area contributed by atoms with Gasteiger partial charge in [0.25, 0.3) is 0 Å². The number of rotatable bonds is 4. The molecule has 0 bridgehead atoms. The number of methoxy groups -OCH3 is 1. The molecular formula is C3H7Cl2O3P. The van der Waals surface area contributed by atoms with E-state index in [4.69, 9.17) is 22.5 Å². The van der Waals surface area contributed by atoms with Crippen LogP contribution in [0.4, 0.5) is 0 Å². The second kappa shape index (κ2) is 4.53. The summed E-state index contributed by atoms with van der Waals surface area (Å²) in [6, 6.07) is 0. The van der Waals surface area contributed by atoms with Crippen molar-refractivity contribution in [3.8, 4) is 0 Å². The molecule has 0 rings (SSSR count). The maximum absolute atomic E-state index is 10.3. The van der Waals surface area contributed by atoms with Crippen molar-refractivity contribution in [2.75, 3.05) is 20.3 Å². The average molecular weight is 193 g/mol. The van der Waals surface area contributed by atoms with Crippen LogP contribution in [0.25, 0.3) is 0 Å². The highest BCUT2D eigenvalue weighted by molar-refractivity contribution is 8.05. The molecule has 0 aromatic rings. The molecule has 56 valence electrons. The Hall–Kier alpha value is 0.730. The van der Waals surface area contributed by atoms with E-state index in [1.54, 1.807) is 0 Å². The number of halogens is 2. The van der Waals surface area contributed by atoms with Gasteiger partial charge in [0.1, 0.15) is 0 Å². The average Bonchev–Trinajstić information content (AvgIpc) is 1.63. The largest absolute Gasteiger partial charge is 0.382 e. The van der Waals surface area contributed by atoms with Crippen molar-refractivity contribution in [2.24, 2.45) is 0 Å². The van der Waals surface area contributed by atoms with Crippen molar-refractivity contribution >= 4 is 28.6 Å². The van der Waals surface area contributed by atoms with Crippen LogP contribution in [0.3, 0.4) is 0 Å². The van der Waals surface area contributed by atoms with Crippen LogP contribution in [-0.4, -0.2) is 20.3 Å². The molecule has 0 saturated carbocycles. The monoisotopic (exact) mass is 192 g/mol. The molecule has 0 radical (unpaired) electrons. The fourth-order valence-electron chi connectivity index (χ4n) is 0.227. The lowest BCUT2D eigenvalue weighted by molar-refractivity contribution is 0.151. The van der Waals surface area contributed by atoms with Crippen molar-refractivity contribution in [3.05, 3.63) is 0 Å². The number of ether oxygens (including phenoxy) is 1. The first-order chi connectivity index (χ1) is 4.06. The van der Waals surface area contributed by atoms with Crippen molar-refractivity contribution in [3.63, 3.8) is 0 Å². The third-order valence-corrected chi connectivity index (χ3v) is 1.60. The van der Waals surface area contributed by atoms with Gasteiger partial charge in [0, 0.05) is 7.11 Å². The highest BCUT2D eigenvalue weighted by Crippen LogP contribution is 2.57. The molecule has 0 aliphatic rings. The Labute approximate surface area is 63.3 Å². The molecule has 9 heavy (non-hydrogen) atoms. The molecule has 0 saturated heterocycles. The summed E-state index contributed by atoms with van der Waals surface area (Å²) >= 11 is 10.0. The standard InChI is InChI=1S/C3H7Cl2O3P/c1-7-2-3-8-9(4,5)6/h2-3H2,1H3. The van der Waals surface area contributed by atoms with E-state index in [9.17, 15) is 4.57 Å². The van der Waals surface area contributed by atoms with Gasteiger partial charge < -0.3 is 9.26 Å². The second-order valence-corrected chi connectivity index (χ2v) is 5.52. The third-order valence-electron chi connectivity index (χ3n) is 0.529. The molecule has 0 amide bonds. The summed E-state index contributed by atoms with van der Waals surface area (Å²) in [6.07, 6.45) is -3.33. The Morgan fingerprint density at radius 3 is 2.33 bits per heavy atom. The fourth-order valence-corrected chi connectivity index (χ4v) is 0.928. The van der Waals surface area contributed by atoms with Gasteiger partial charge in [-0.2, -0.15) is 0 Å². The predicted molar refractivity (Wildman–Crippen MR) is 37.1 cm³/mol. The SMILES string of the molecule is COCCOP(=O)(Cl)Cl. The summed E-state index contributed by atoms with van der Waals surface area (Å²) in [5, 5.41) is 0. The van der Waals surface area contributed by atoms with E-state index in [0.717, 1.165) is 0 Å². The topological polar surface area (TPSA) is 35.5 Å². The molecule has 0 aromatic carbocycles. The lowest BCUT2D eigenvalue weighted by Gasteiger charge is -2.01. The van der Waals surface area contributed by atoms with Gasteiger partial charge in [0.05, 0.1) is 13.2 Å². The van der Waals surface area contributed by atoms with Crippen molar-refractivity contribution < 1.29 is 13.8 Å². The minimum absolute atomic E-state index is 0.154. The first-order valence-electron chi connectivity index (χ1n) is 2.19. The highest BCUT2D eigenvalue weighted by Gasteiger charge is 2.12. The van der Waals surface area contributed by atoms with E-state index in [2.05, 4.69) is 9.26 Å². The zero-order chi connectivity index (χ0) is 7.33. The van der Waals surface area contributed by atoms with Gasteiger partial charge in [-0.1, -0.05) is 0 Å². The van der Waals surface area contributed by atoms with E-state index in [0.29, 0.717) is 6.61 Å². The zero-order valence-electron chi connectivity index (χ0n) is 4.84. The van der Waals surface area contributed by atoms with E-state index >= 15 is 0 Å². The Balaban J connectivity index is 3.18. The Kier molecular flexibility index (Phi) is 4.90. The van der Waals surface area contributed by atoms with Crippen LogP contribution < -0.4 is 0 Å². The van der Waals surface area contributed by atoms with Gasteiger partial charge in [0.2, 0.25) is 0 Å². The molecule has 0 spiro atoms. The molecule has 0 heterocycles. The summed E-state index contributed by atoms with van der Waals surface area (Å²) < 4.78 is 19.3. The lowest BCUT2D eigenvalue weighted by Crippen LogP contribution is -1.96. The molecule has 0 fully saturated rings. The summed E-state index contributed by atoms with van der Waals surface area (Å²) in [7, 11) is 1.50. The third kappa shape index (κ3) is 8.73. The predicted octanol–water partition coefficient (Wildman–Crippen LogP) is 2.24. The molecule has 0 aliphatic carbocycles. The quantitative estimate of drug-likeness (QED) is 0.507. The van der Waals surface area contributed by atoms with Crippen LogP contribution in [0.1, 0.15) is 0 Å². The van der Waals surface area contributed by atoms with Crippen LogP contribution in [0.2, 0.25) is 0 Å². The van der Waals surface area contributed by atoms with Gasteiger partial charge >= 0.3 is 6.07 Å². The Morgan fingerprint density at radius 1 is 1.44 bits per heavy atom. The van der Waals surface area contributed by atoms with Crippen LogP contribution in [0, 0.1) is 0 Å². The van der Waals surface area contributed by atoms with E-state index in [1.807, 2.05) is 0 Å². The fraction of sp³-hybridized carbons (Fsp3) is 1.00. The molecule has 0 atom stereocenters. The lowest BCUT2D eigenvalue weighted by atomic mass is 10.8. The summed E-state index contributed by atoms with van der Waals surface area (Å²) in [6.45, 7) is 0.490. The molecule has 0 unspecified atom stereocenters. The van der Waals surface area contributed by atoms with E-state index < -0.39 is 6.07 Å². The minimum Gasteiger partial charge on any atom is -0.382 e. The van der Waals surface area contributed by atoms with Crippen molar-refractivity contribution in [1.29, 1.82) is 0 Å². The zero-order valence-corrected chi connectivity index (χ0v) is 7.25. The summed E-state index contributed by atoms with van der Waals surface area (Å²) in [5.41, 5.74) is 0. The maximum Gasteiger partial charge on any atom is 0.380 e. The molecule has 6 heteroatoms. The van der Waals surface area contributed by atoms with Gasteiger partial charge in [-0.15, -0.1) is 0 Å². The van der Waals surface area contributed by atoms with E-state index in [1.165, 1.54) is 7.11 Å². The Bertz CT molecular complexity index is 112.